The van der Waals surface area contributed by atoms with Crippen molar-refractivity contribution in [3.05, 3.63) is 65.5 Å². The summed E-state index contributed by atoms with van der Waals surface area (Å²) in [5.74, 6) is 0.339. The molecule has 2 heterocycles. The zero-order valence-corrected chi connectivity index (χ0v) is 13.5. The fraction of sp³-hybridized carbons (Fsp3) is 0.400. The predicted octanol–water partition coefficient (Wildman–Crippen LogP) is 3.98. The molecule has 2 aromatic rings. The molecule has 2 aromatic carbocycles. The first-order valence-corrected chi connectivity index (χ1v) is 8.77. The van der Waals surface area contributed by atoms with Gasteiger partial charge in [-0.25, -0.2) is 4.39 Å². The molecule has 0 radical (unpaired) electrons. The van der Waals surface area contributed by atoms with Crippen LogP contribution in [0.3, 0.4) is 0 Å². The minimum atomic E-state index is -0.212. The number of hydrogen-bond donors (Lipinski definition) is 2. The van der Waals surface area contributed by atoms with Crippen LogP contribution in [0.25, 0.3) is 0 Å². The van der Waals surface area contributed by atoms with Crippen molar-refractivity contribution in [1.82, 2.24) is 5.32 Å². The Morgan fingerprint density at radius 2 is 1.88 bits per heavy atom. The minimum absolute atomic E-state index is 0.130. The smallest absolute Gasteiger partial charge is 0.136 e. The van der Waals surface area contributed by atoms with Crippen molar-refractivity contribution in [3.8, 4) is 0 Å². The van der Waals surface area contributed by atoms with Crippen molar-refractivity contribution in [2.75, 3.05) is 5.32 Å². The number of ether oxygens (including phenoxy) is 1. The van der Waals surface area contributed by atoms with Crippen LogP contribution >= 0.6 is 0 Å². The molecule has 1 saturated heterocycles. The quantitative estimate of drug-likeness (QED) is 0.832. The van der Waals surface area contributed by atoms with Gasteiger partial charge in [0.2, 0.25) is 0 Å². The SMILES string of the molecule is Fc1ccc(C2NC34CC(CCC3Cc3ccccc3N4)O2)cc1. The molecule has 2 bridgehead atoms. The molecule has 1 saturated carbocycles. The van der Waals surface area contributed by atoms with Crippen LogP contribution in [0.2, 0.25) is 0 Å². The Kier molecular flexibility index (Phi) is 3.19. The molecule has 0 aromatic heterocycles. The monoisotopic (exact) mass is 324 g/mol. The Hall–Kier alpha value is -1.91. The summed E-state index contributed by atoms with van der Waals surface area (Å²) in [6.45, 7) is 0. The summed E-state index contributed by atoms with van der Waals surface area (Å²) in [7, 11) is 0. The Labute approximate surface area is 141 Å². The Morgan fingerprint density at radius 3 is 2.75 bits per heavy atom. The van der Waals surface area contributed by atoms with Gasteiger partial charge >= 0.3 is 0 Å². The molecular formula is C20H21FN2O. The zero-order valence-electron chi connectivity index (χ0n) is 13.5. The van der Waals surface area contributed by atoms with Gasteiger partial charge in [0.15, 0.2) is 0 Å². The van der Waals surface area contributed by atoms with E-state index in [0.717, 1.165) is 31.2 Å². The first-order valence-electron chi connectivity index (χ1n) is 8.77. The molecule has 1 aliphatic carbocycles. The number of para-hydroxylation sites is 1. The number of halogens is 1. The average Bonchev–Trinajstić information content (AvgIpc) is 2.60. The summed E-state index contributed by atoms with van der Waals surface area (Å²) in [5.41, 5.74) is 3.48. The van der Waals surface area contributed by atoms with Gasteiger partial charge in [-0.15, -0.1) is 0 Å². The molecule has 3 nitrogen and oxygen atoms in total. The lowest BCUT2D eigenvalue weighted by molar-refractivity contribution is -0.138. The average molecular weight is 324 g/mol. The number of nitrogens with one attached hydrogen (secondary N) is 2. The van der Waals surface area contributed by atoms with Crippen molar-refractivity contribution >= 4 is 5.69 Å². The highest BCUT2D eigenvalue weighted by Crippen LogP contribution is 2.47. The number of benzene rings is 2. The fourth-order valence-corrected chi connectivity index (χ4v) is 4.61. The number of anilines is 1. The molecule has 2 fully saturated rings. The first-order chi connectivity index (χ1) is 11.7. The van der Waals surface area contributed by atoms with E-state index in [1.54, 1.807) is 0 Å². The van der Waals surface area contributed by atoms with Crippen molar-refractivity contribution in [2.45, 2.75) is 43.7 Å². The van der Waals surface area contributed by atoms with E-state index in [-0.39, 0.29) is 23.8 Å². The third-order valence-corrected chi connectivity index (χ3v) is 5.82. The van der Waals surface area contributed by atoms with Crippen molar-refractivity contribution in [1.29, 1.82) is 0 Å². The molecule has 124 valence electrons. The molecule has 4 heteroatoms. The molecule has 0 amide bonds. The highest BCUT2D eigenvalue weighted by Gasteiger charge is 2.51. The van der Waals surface area contributed by atoms with E-state index >= 15 is 0 Å². The minimum Gasteiger partial charge on any atom is -0.367 e. The van der Waals surface area contributed by atoms with E-state index in [1.807, 2.05) is 12.1 Å². The lowest BCUT2D eigenvalue weighted by atomic mass is 9.71. The maximum Gasteiger partial charge on any atom is 0.136 e. The van der Waals surface area contributed by atoms with Crippen LogP contribution in [0.5, 0.6) is 0 Å². The summed E-state index contributed by atoms with van der Waals surface area (Å²) in [4.78, 5) is 0. The standard InChI is InChI=1S/C20H21FN2O/c21-16-8-5-13(6-9-16)19-23-20-12-17(24-19)10-7-15(20)11-14-3-1-2-4-18(14)22-20/h1-6,8-9,15,17,19,22-23H,7,10-12H2. The zero-order chi connectivity index (χ0) is 16.1. The van der Waals surface area contributed by atoms with Crippen LogP contribution in [0.4, 0.5) is 10.1 Å². The number of hydrogen-bond acceptors (Lipinski definition) is 3. The lowest BCUT2D eigenvalue weighted by Gasteiger charge is -2.56. The lowest BCUT2D eigenvalue weighted by Crippen LogP contribution is -2.67. The summed E-state index contributed by atoms with van der Waals surface area (Å²) in [6, 6.07) is 15.2. The van der Waals surface area contributed by atoms with Gasteiger partial charge in [-0.2, -0.15) is 0 Å². The van der Waals surface area contributed by atoms with E-state index in [9.17, 15) is 4.39 Å². The molecular weight excluding hydrogens is 303 g/mol. The van der Waals surface area contributed by atoms with E-state index < -0.39 is 0 Å². The van der Waals surface area contributed by atoms with E-state index in [2.05, 4.69) is 34.9 Å². The Balaban J connectivity index is 1.50. The maximum absolute atomic E-state index is 13.2. The predicted molar refractivity (Wildman–Crippen MR) is 91.0 cm³/mol. The normalized spacial score (nSPS) is 34.0. The second-order valence-electron chi connectivity index (χ2n) is 7.27. The first kappa shape index (κ1) is 14.4. The van der Waals surface area contributed by atoms with Gasteiger partial charge in [0.25, 0.3) is 0 Å². The molecule has 2 N–H and O–H groups in total. The van der Waals surface area contributed by atoms with Gasteiger partial charge in [0.1, 0.15) is 12.0 Å². The van der Waals surface area contributed by atoms with Gasteiger partial charge in [-0.1, -0.05) is 30.3 Å². The molecule has 4 atom stereocenters. The summed E-state index contributed by atoms with van der Waals surface area (Å²) >= 11 is 0. The van der Waals surface area contributed by atoms with Gasteiger partial charge in [0, 0.05) is 12.1 Å². The molecule has 2 aliphatic heterocycles. The van der Waals surface area contributed by atoms with E-state index in [0.29, 0.717) is 5.92 Å². The third kappa shape index (κ3) is 2.25. The van der Waals surface area contributed by atoms with Crippen LogP contribution in [0, 0.1) is 11.7 Å². The third-order valence-electron chi connectivity index (χ3n) is 5.82. The Bertz CT molecular complexity index is 762. The van der Waals surface area contributed by atoms with Crippen LogP contribution in [0.1, 0.15) is 36.6 Å². The van der Waals surface area contributed by atoms with Gasteiger partial charge in [0.05, 0.1) is 11.8 Å². The van der Waals surface area contributed by atoms with Gasteiger partial charge in [-0.05, 0) is 54.5 Å². The summed E-state index contributed by atoms with van der Waals surface area (Å²) in [5, 5.41) is 7.51. The van der Waals surface area contributed by atoms with Crippen molar-refractivity contribution < 1.29 is 9.13 Å². The highest BCUT2D eigenvalue weighted by molar-refractivity contribution is 5.56. The molecule has 3 aliphatic rings. The van der Waals surface area contributed by atoms with Crippen molar-refractivity contribution in [3.63, 3.8) is 0 Å². The van der Waals surface area contributed by atoms with Crippen LogP contribution in [-0.4, -0.2) is 11.8 Å². The second kappa shape index (κ2) is 5.30. The molecule has 4 unspecified atom stereocenters. The highest BCUT2D eigenvalue weighted by atomic mass is 19.1. The fourth-order valence-electron chi connectivity index (χ4n) is 4.61. The Morgan fingerprint density at radius 1 is 1.04 bits per heavy atom. The molecule has 5 rings (SSSR count). The van der Waals surface area contributed by atoms with E-state index in [1.165, 1.54) is 23.4 Å². The van der Waals surface area contributed by atoms with E-state index in [4.69, 9.17) is 4.74 Å². The summed E-state index contributed by atoms with van der Waals surface area (Å²) < 4.78 is 19.5. The van der Waals surface area contributed by atoms with Gasteiger partial charge < -0.3 is 10.1 Å². The topological polar surface area (TPSA) is 33.3 Å². The molecule has 1 spiro atoms. The maximum atomic E-state index is 13.2. The summed E-state index contributed by atoms with van der Waals surface area (Å²) in [6.07, 6.45) is 4.38. The number of fused-ring (bicyclic) bond motifs is 2. The van der Waals surface area contributed by atoms with Crippen molar-refractivity contribution in [2.24, 2.45) is 5.92 Å². The van der Waals surface area contributed by atoms with Gasteiger partial charge in [-0.3, -0.25) is 5.32 Å². The number of rotatable bonds is 1. The van der Waals surface area contributed by atoms with Crippen LogP contribution in [-0.2, 0) is 11.2 Å². The molecule has 24 heavy (non-hydrogen) atoms. The van der Waals surface area contributed by atoms with Crippen LogP contribution < -0.4 is 10.6 Å². The van der Waals surface area contributed by atoms with Crippen LogP contribution in [0.15, 0.2) is 48.5 Å². The largest absolute Gasteiger partial charge is 0.367 e. The second-order valence-corrected chi connectivity index (χ2v) is 7.27.